The minimum atomic E-state index is -0.279. The van der Waals surface area contributed by atoms with Crippen molar-refractivity contribution in [2.75, 3.05) is 5.32 Å². The number of rotatable bonds is 6. The maximum absolute atomic E-state index is 13.0. The van der Waals surface area contributed by atoms with Gasteiger partial charge in [0.15, 0.2) is 5.82 Å². The number of nitrogens with zero attached hydrogens (tertiary/aromatic N) is 3. The van der Waals surface area contributed by atoms with Crippen LogP contribution < -0.4 is 5.32 Å². The van der Waals surface area contributed by atoms with Gasteiger partial charge in [0.1, 0.15) is 5.82 Å². The second-order valence-electron chi connectivity index (χ2n) is 5.92. The van der Waals surface area contributed by atoms with Crippen molar-refractivity contribution < 1.29 is 9.18 Å². The zero-order chi connectivity index (χ0) is 17.6. The summed E-state index contributed by atoms with van der Waals surface area (Å²) in [6.07, 6.45) is 3.84. The third kappa shape index (κ3) is 4.73. The highest BCUT2D eigenvalue weighted by molar-refractivity contribution is 5.90. The van der Waals surface area contributed by atoms with Gasteiger partial charge in [0.25, 0.3) is 0 Å². The molecule has 0 aliphatic heterocycles. The summed E-state index contributed by atoms with van der Waals surface area (Å²) in [6, 6.07) is 13.7. The number of carbonyl (C=O) groups excluding carboxylic acids is 1. The summed E-state index contributed by atoms with van der Waals surface area (Å²) >= 11 is 0. The first-order valence-corrected chi connectivity index (χ1v) is 8.09. The van der Waals surface area contributed by atoms with E-state index in [9.17, 15) is 9.18 Å². The number of benzene rings is 1. The van der Waals surface area contributed by atoms with E-state index in [1.165, 1.54) is 12.1 Å². The Morgan fingerprint density at radius 3 is 2.72 bits per heavy atom. The quantitative estimate of drug-likeness (QED) is 0.747. The first kappa shape index (κ1) is 16.8. The van der Waals surface area contributed by atoms with E-state index in [1.807, 2.05) is 25.1 Å². The number of nitrogens with one attached hydrogen (secondary N) is 1. The summed E-state index contributed by atoms with van der Waals surface area (Å²) in [5.74, 6) is 0.0993. The molecule has 1 atom stereocenters. The molecule has 0 radical (unpaired) electrons. The second-order valence-corrected chi connectivity index (χ2v) is 5.92. The molecule has 0 unspecified atom stereocenters. The Morgan fingerprint density at radius 1 is 1.20 bits per heavy atom. The first-order valence-electron chi connectivity index (χ1n) is 8.09. The number of pyridine rings is 1. The van der Waals surface area contributed by atoms with E-state index in [2.05, 4.69) is 15.4 Å². The number of carbonyl (C=O) groups is 1. The maximum atomic E-state index is 13.0. The van der Waals surface area contributed by atoms with Crippen LogP contribution in [0.15, 0.2) is 60.9 Å². The highest BCUT2D eigenvalue weighted by Crippen LogP contribution is 2.20. The molecule has 5 nitrogen and oxygen atoms in total. The molecule has 6 heteroatoms. The van der Waals surface area contributed by atoms with Crippen LogP contribution in [0.2, 0.25) is 0 Å². The Bertz CT molecular complexity index is 830. The van der Waals surface area contributed by atoms with Gasteiger partial charge in [-0.2, -0.15) is 5.10 Å². The Balaban J connectivity index is 1.55. The Morgan fingerprint density at radius 2 is 2.00 bits per heavy atom. The predicted molar refractivity (Wildman–Crippen MR) is 93.6 cm³/mol. The van der Waals surface area contributed by atoms with E-state index >= 15 is 0 Å². The molecule has 0 fully saturated rings. The van der Waals surface area contributed by atoms with Crippen LogP contribution in [-0.2, 0) is 11.3 Å². The lowest BCUT2D eigenvalue weighted by Crippen LogP contribution is -2.15. The van der Waals surface area contributed by atoms with E-state index in [-0.39, 0.29) is 17.6 Å². The normalized spacial score (nSPS) is 11.9. The van der Waals surface area contributed by atoms with E-state index in [4.69, 9.17) is 0 Å². The molecule has 0 saturated heterocycles. The fourth-order valence-electron chi connectivity index (χ4n) is 2.56. The molecule has 0 aliphatic rings. The monoisotopic (exact) mass is 338 g/mol. The van der Waals surface area contributed by atoms with Gasteiger partial charge in [-0.3, -0.25) is 14.5 Å². The average Bonchev–Trinajstić information content (AvgIpc) is 3.03. The lowest BCUT2D eigenvalue weighted by Gasteiger charge is -2.11. The molecule has 0 aliphatic carbocycles. The molecule has 2 aromatic heterocycles. The number of aromatic nitrogens is 3. The Hall–Kier alpha value is -3.02. The van der Waals surface area contributed by atoms with Crippen molar-refractivity contribution in [2.45, 2.75) is 25.8 Å². The smallest absolute Gasteiger partial charge is 0.226 e. The second kappa shape index (κ2) is 7.70. The Kier molecular flexibility index (Phi) is 5.18. The van der Waals surface area contributed by atoms with Gasteiger partial charge < -0.3 is 5.32 Å². The maximum Gasteiger partial charge on any atom is 0.226 e. The van der Waals surface area contributed by atoms with Crippen LogP contribution in [0, 0.1) is 5.82 Å². The molecular formula is C19H19FN4O. The minimum absolute atomic E-state index is 0.00351. The van der Waals surface area contributed by atoms with Gasteiger partial charge >= 0.3 is 0 Å². The molecule has 128 valence electrons. The van der Waals surface area contributed by atoms with Crippen LogP contribution >= 0.6 is 0 Å². The SMILES string of the molecule is C[C@H](CC(=O)Nc1ccn(Cc2ccccn2)n1)c1ccc(F)cc1. The van der Waals surface area contributed by atoms with Gasteiger partial charge in [0.2, 0.25) is 5.91 Å². The van der Waals surface area contributed by atoms with Crippen molar-refractivity contribution in [2.24, 2.45) is 0 Å². The van der Waals surface area contributed by atoms with Crippen LogP contribution in [0.5, 0.6) is 0 Å². The van der Waals surface area contributed by atoms with Crippen molar-refractivity contribution in [3.8, 4) is 0 Å². The summed E-state index contributed by atoms with van der Waals surface area (Å²) in [6.45, 7) is 2.48. The zero-order valence-corrected chi connectivity index (χ0v) is 13.9. The van der Waals surface area contributed by atoms with Crippen molar-refractivity contribution in [3.05, 3.63) is 78.0 Å². The average molecular weight is 338 g/mol. The molecule has 0 bridgehead atoms. The molecule has 25 heavy (non-hydrogen) atoms. The van der Waals surface area contributed by atoms with Crippen LogP contribution in [0.1, 0.15) is 30.5 Å². The lowest BCUT2D eigenvalue weighted by atomic mass is 9.97. The number of anilines is 1. The molecule has 2 heterocycles. The van der Waals surface area contributed by atoms with E-state index in [0.29, 0.717) is 18.8 Å². The van der Waals surface area contributed by atoms with Crippen LogP contribution in [0.3, 0.4) is 0 Å². The molecule has 3 rings (SSSR count). The van der Waals surface area contributed by atoms with Crippen molar-refractivity contribution in [1.29, 1.82) is 0 Å². The summed E-state index contributed by atoms with van der Waals surface area (Å²) < 4.78 is 14.7. The van der Waals surface area contributed by atoms with Crippen LogP contribution in [0.25, 0.3) is 0 Å². The molecule has 1 aromatic carbocycles. The van der Waals surface area contributed by atoms with Gasteiger partial charge in [-0.1, -0.05) is 25.1 Å². The molecular weight excluding hydrogens is 319 g/mol. The number of hydrogen-bond acceptors (Lipinski definition) is 3. The predicted octanol–water partition coefficient (Wildman–Crippen LogP) is 3.60. The van der Waals surface area contributed by atoms with Crippen LogP contribution in [-0.4, -0.2) is 20.7 Å². The standard InChI is InChI=1S/C19H19FN4O/c1-14(15-5-7-16(20)8-6-15)12-19(25)22-18-9-11-24(23-18)13-17-4-2-3-10-21-17/h2-11,14H,12-13H2,1H3,(H,22,23,25)/t14-/m1/s1. The fraction of sp³-hybridized carbons (Fsp3) is 0.211. The van der Waals surface area contributed by atoms with Crippen molar-refractivity contribution in [3.63, 3.8) is 0 Å². The highest BCUT2D eigenvalue weighted by Gasteiger charge is 2.12. The van der Waals surface area contributed by atoms with Gasteiger partial charge in [0.05, 0.1) is 12.2 Å². The largest absolute Gasteiger partial charge is 0.309 e. The van der Waals surface area contributed by atoms with Crippen LogP contribution in [0.4, 0.5) is 10.2 Å². The topological polar surface area (TPSA) is 59.8 Å². The summed E-state index contributed by atoms with van der Waals surface area (Å²) in [4.78, 5) is 16.4. The first-order chi connectivity index (χ1) is 12.1. The minimum Gasteiger partial charge on any atom is -0.309 e. The van der Waals surface area contributed by atoms with Gasteiger partial charge in [0, 0.05) is 24.9 Å². The summed E-state index contributed by atoms with van der Waals surface area (Å²) in [7, 11) is 0. The number of amides is 1. The number of hydrogen-bond donors (Lipinski definition) is 1. The molecule has 1 N–H and O–H groups in total. The van der Waals surface area contributed by atoms with Gasteiger partial charge in [-0.15, -0.1) is 0 Å². The van der Waals surface area contributed by atoms with Gasteiger partial charge in [-0.05, 0) is 35.7 Å². The molecule has 1 amide bonds. The summed E-state index contributed by atoms with van der Waals surface area (Å²) in [5, 5.41) is 7.13. The molecule has 0 saturated carbocycles. The van der Waals surface area contributed by atoms with E-state index < -0.39 is 0 Å². The third-order valence-corrected chi connectivity index (χ3v) is 3.89. The zero-order valence-electron chi connectivity index (χ0n) is 13.9. The van der Waals surface area contributed by atoms with Crippen molar-refractivity contribution >= 4 is 11.7 Å². The molecule has 0 spiro atoms. The Labute approximate surface area is 145 Å². The van der Waals surface area contributed by atoms with E-state index in [1.54, 1.807) is 35.3 Å². The molecule has 3 aromatic rings. The third-order valence-electron chi connectivity index (χ3n) is 3.89. The fourth-order valence-corrected chi connectivity index (χ4v) is 2.56. The van der Waals surface area contributed by atoms with Gasteiger partial charge in [-0.25, -0.2) is 4.39 Å². The van der Waals surface area contributed by atoms with Crippen molar-refractivity contribution in [1.82, 2.24) is 14.8 Å². The lowest BCUT2D eigenvalue weighted by molar-refractivity contribution is -0.116. The summed E-state index contributed by atoms with van der Waals surface area (Å²) in [5.41, 5.74) is 1.82. The number of halogens is 1. The van der Waals surface area contributed by atoms with E-state index in [0.717, 1.165) is 11.3 Å². The highest BCUT2D eigenvalue weighted by atomic mass is 19.1.